The van der Waals surface area contributed by atoms with Gasteiger partial charge in [0.15, 0.2) is 0 Å². The van der Waals surface area contributed by atoms with Crippen molar-refractivity contribution in [2.75, 3.05) is 5.32 Å². The third-order valence-electron chi connectivity index (χ3n) is 2.80. The van der Waals surface area contributed by atoms with E-state index in [-0.39, 0.29) is 18.2 Å². The number of halogens is 3. The summed E-state index contributed by atoms with van der Waals surface area (Å²) >= 11 is 0. The van der Waals surface area contributed by atoms with Gasteiger partial charge in [-0.15, -0.1) is 13.2 Å². The summed E-state index contributed by atoms with van der Waals surface area (Å²) in [5.41, 5.74) is 0.387. The van der Waals surface area contributed by atoms with Gasteiger partial charge in [-0.2, -0.15) is 0 Å². The normalized spacial score (nSPS) is 11.3. The van der Waals surface area contributed by atoms with Gasteiger partial charge in [0.1, 0.15) is 18.1 Å². The number of ether oxygens (including phenoxy) is 1. The van der Waals surface area contributed by atoms with Gasteiger partial charge in [0.2, 0.25) is 5.91 Å². The van der Waals surface area contributed by atoms with Crippen molar-refractivity contribution in [1.29, 1.82) is 0 Å². The van der Waals surface area contributed by atoms with Crippen molar-refractivity contribution in [1.82, 2.24) is 9.55 Å². The van der Waals surface area contributed by atoms with E-state index < -0.39 is 6.36 Å². The minimum atomic E-state index is -4.73. The third-order valence-corrected chi connectivity index (χ3v) is 2.80. The zero-order chi connectivity index (χ0) is 16.2. The van der Waals surface area contributed by atoms with Gasteiger partial charge in [-0.3, -0.25) is 4.79 Å². The first-order valence-corrected chi connectivity index (χ1v) is 6.53. The molecule has 1 heterocycles. The monoisotopic (exact) mass is 313 g/mol. The SMILES string of the molecule is CCc1nccn1CC(=O)Nc1ccc(OC(F)(F)F)cc1. The van der Waals surface area contributed by atoms with Crippen molar-refractivity contribution >= 4 is 11.6 Å². The number of aryl methyl sites for hydroxylation is 1. The van der Waals surface area contributed by atoms with Crippen LogP contribution < -0.4 is 10.1 Å². The van der Waals surface area contributed by atoms with E-state index in [2.05, 4.69) is 15.0 Å². The van der Waals surface area contributed by atoms with Gasteiger partial charge in [0.25, 0.3) is 0 Å². The quantitative estimate of drug-likeness (QED) is 0.923. The smallest absolute Gasteiger partial charge is 0.406 e. The molecule has 0 spiro atoms. The van der Waals surface area contributed by atoms with Gasteiger partial charge >= 0.3 is 6.36 Å². The molecule has 2 rings (SSSR count). The van der Waals surface area contributed by atoms with E-state index in [1.165, 1.54) is 12.1 Å². The summed E-state index contributed by atoms with van der Waals surface area (Å²) in [7, 11) is 0. The van der Waals surface area contributed by atoms with Crippen LogP contribution in [0.3, 0.4) is 0 Å². The highest BCUT2D eigenvalue weighted by Gasteiger charge is 2.30. The highest BCUT2D eigenvalue weighted by molar-refractivity contribution is 5.90. The lowest BCUT2D eigenvalue weighted by Gasteiger charge is -2.10. The molecule has 8 heteroatoms. The number of imidazole rings is 1. The molecule has 0 aliphatic heterocycles. The van der Waals surface area contributed by atoms with Crippen LogP contribution in [0.5, 0.6) is 5.75 Å². The van der Waals surface area contributed by atoms with Crippen LogP contribution in [-0.2, 0) is 17.8 Å². The van der Waals surface area contributed by atoms with Crippen LogP contribution >= 0.6 is 0 Å². The van der Waals surface area contributed by atoms with Crippen molar-refractivity contribution in [3.63, 3.8) is 0 Å². The predicted octanol–water partition coefficient (Wildman–Crippen LogP) is 2.98. The van der Waals surface area contributed by atoms with Crippen molar-refractivity contribution in [3.05, 3.63) is 42.5 Å². The fourth-order valence-electron chi connectivity index (χ4n) is 1.89. The number of carbonyl (C=O) groups excluding carboxylic acids is 1. The number of anilines is 1. The van der Waals surface area contributed by atoms with Crippen molar-refractivity contribution in [3.8, 4) is 5.75 Å². The Morgan fingerprint density at radius 3 is 2.59 bits per heavy atom. The Balaban J connectivity index is 1.94. The van der Waals surface area contributed by atoms with Gasteiger partial charge in [0.05, 0.1) is 0 Å². The van der Waals surface area contributed by atoms with Crippen LogP contribution in [0.2, 0.25) is 0 Å². The highest BCUT2D eigenvalue weighted by atomic mass is 19.4. The van der Waals surface area contributed by atoms with Gasteiger partial charge in [-0.05, 0) is 24.3 Å². The van der Waals surface area contributed by atoms with Gasteiger partial charge in [-0.25, -0.2) is 4.98 Å². The highest BCUT2D eigenvalue weighted by Crippen LogP contribution is 2.23. The number of alkyl halides is 3. The molecule has 0 atom stereocenters. The Morgan fingerprint density at radius 1 is 1.32 bits per heavy atom. The lowest BCUT2D eigenvalue weighted by Crippen LogP contribution is -2.20. The average Bonchev–Trinajstić information content (AvgIpc) is 2.86. The molecule has 2 aromatic rings. The summed E-state index contributed by atoms with van der Waals surface area (Å²) in [6.07, 6.45) is -0.736. The average molecular weight is 313 g/mol. The van der Waals surface area contributed by atoms with E-state index in [0.29, 0.717) is 12.1 Å². The fraction of sp³-hybridized carbons (Fsp3) is 0.286. The summed E-state index contributed by atoms with van der Waals surface area (Å²) in [5, 5.41) is 2.60. The summed E-state index contributed by atoms with van der Waals surface area (Å²) in [6, 6.07) is 4.96. The van der Waals surface area contributed by atoms with E-state index in [1.807, 2.05) is 6.92 Å². The standard InChI is InChI=1S/C14H14F3N3O2/c1-2-12-18-7-8-20(12)9-13(21)19-10-3-5-11(6-4-10)22-14(15,16)17/h3-8H,2,9H2,1H3,(H,19,21). The lowest BCUT2D eigenvalue weighted by molar-refractivity contribution is -0.274. The van der Waals surface area contributed by atoms with Crippen molar-refractivity contribution in [2.24, 2.45) is 0 Å². The third kappa shape index (κ3) is 4.51. The number of hydrogen-bond acceptors (Lipinski definition) is 3. The van der Waals surface area contributed by atoms with Crippen LogP contribution in [0.25, 0.3) is 0 Å². The van der Waals surface area contributed by atoms with E-state index in [4.69, 9.17) is 0 Å². The number of nitrogens with one attached hydrogen (secondary N) is 1. The maximum atomic E-state index is 12.0. The molecule has 0 bridgehead atoms. The number of aromatic nitrogens is 2. The minimum Gasteiger partial charge on any atom is -0.406 e. The second-order valence-electron chi connectivity index (χ2n) is 4.45. The molecular weight excluding hydrogens is 299 g/mol. The zero-order valence-electron chi connectivity index (χ0n) is 11.7. The van der Waals surface area contributed by atoms with Crippen molar-refractivity contribution < 1.29 is 22.7 Å². The number of amides is 1. The van der Waals surface area contributed by atoms with Gasteiger partial charge in [0, 0.05) is 24.5 Å². The molecule has 1 aromatic carbocycles. The second-order valence-corrected chi connectivity index (χ2v) is 4.45. The van der Waals surface area contributed by atoms with E-state index in [0.717, 1.165) is 18.0 Å². The Bertz CT molecular complexity index is 636. The molecule has 0 fully saturated rings. The first-order chi connectivity index (χ1) is 10.4. The van der Waals surface area contributed by atoms with Gasteiger partial charge < -0.3 is 14.6 Å². The molecule has 0 saturated heterocycles. The largest absolute Gasteiger partial charge is 0.573 e. The summed E-state index contributed by atoms with van der Waals surface area (Å²) < 4.78 is 41.6. The number of carbonyl (C=O) groups is 1. The van der Waals surface area contributed by atoms with Crippen LogP contribution in [0.4, 0.5) is 18.9 Å². The van der Waals surface area contributed by atoms with Crippen LogP contribution in [0, 0.1) is 0 Å². The van der Waals surface area contributed by atoms with Crippen LogP contribution in [-0.4, -0.2) is 21.8 Å². The molecule has 5 nitrogen and oxygen atoms in total. The number of benzene rings is 1. The molecule has 0 radical (unpaired) electrons. The summed E-state index contributed by atoms with van der Waals surface area (Å²) in [5.74, 6) is 0.148. The van der Waals surface area contributed by atoms with Crippen LogP contribution in [0.15, 0.2) is 36.7 Å². The van der Waals surface area contributed by atoms with Crippen molar-refractivity contribution in [2.45, 2.75) is 26.3 Å². The molecule has 0 aliphatic rings. The predicted molar refractivity (Wildman–Crippen MR) is 73.4 cm³/mol. The molecule has 0 saturated carbocycles. The molecule has 1 amide bonds. The Hall–Kier alpha value is -2.51. The molecule has 0 unspecified atom stereocenters. The molecule has 22 heavy (non-hydrogen) atoms. The molecule has 1 N–H and O–H groups in total. The Labute approximate surface area is 124 Å². The maximum absolute atomic E-state index is 12.0. The van der Waals surface area contributed by atoms with Crippen LogP contribution in [0.1, 0.15) is 12.7 Å². The number of nitrogens with zero attached hydrogens (tertiary/aromatic N) is 2. The Kier molecular flexibility index (Phi) is 4.69. The lowest BCUT2D eigenvalue weighted by atomic mass is 10.3. The second kappa shape index (κ2) is 6.50. The summed E-state index contributed by atoms with van der Waals surface area (Å²) in [4.78, 5) is 16.0. The van der Waals surface area contributed by atoms with Gasteiger partial charge in [-0.1, -0.05) is 6.92 Å². The Morgan fingerprint density at radius 2 is 2.00 bits per heavy atom. The zero-order valence-corrected chi connectivity index (χ0v) is 11.7. The van der Waals surface area contributed by atoms with E-state index in [9.17, 15) is 18.0 Å². The first kappa shape index (κ1) is 15.9. The van der Waals surface area contributed by atoms with E-state index >= 15 is 0 Å². The molecular formula is C14H14F3N3O2. The minimum absolute atomic E-state index is 0.0873. The molecule has 1 aromatic heterocycles. The molecule has 0 aliphatic carbocycles. The number of rotatable bonds is 5. The number of hydrogen-bond donors (Lipinski definition) is 1. The first-order valence-electron chi connectivity index (χ1n) is 6.53. The maximum Gasteiger partial charge on any atom is 0.573 e. The topological polar surface area (TPSA) is 56.2 Å². The fourth-order valence-corrected chi connectivity index (χ4v) is 1.89. The summed E-state index contributed by atoms with van der Waals surface area (Å²) in [6.45, 7) is 2.01. The van der Waals surface area contributed by atoms with E-state index in [1.54, 1.807) is 17.0 Å². The molecule has 118 valence electrons.